The number of ether oxygens (including phenoxy) is 1. The summed E-state index contributed by atoms with van der Waals surface area (Å²) in [6, 6.07) is 24.5. The van der Waals surface area contributed by atoms with Crippen LogP contribution >= 0.6 is 17.0 Å². The number of hydrazine groups is 1. The van der Waals surface area contributed by atoms with E-state index in [0.29, 0.717) is 17.9 Å². The Morgan fingerprint density at radius 3 is 2.30 bits per heavy atom. The molecule has 6 nitrogen and oxygen atoms in total. The molecule has 1 heterocycles. The highest BCUT2D eigenvalue weighted by Crippen LogP contribution is 2.23. The van der Waals surface area contributed by atoms with Crippen LogP contribution in [0.3, 0.4) is 0 Å². The summed E-state index contributed by atoms with van der Waals surface area (Å²) in [5.74, 6) is 0.539. The minimum Gasteiger partial charge on any atom is -0.484 e. The molecule has 30 heavy (non-hydrogen) atoms. The topological polar surface area (TPSA) is 89.2 Å². The number of nitriles is 1. The molecule has 0 saturated heterocycles. The number of carbonyl (C=O) groups excluding carboxylic acids is 1. The van der Waals surface area contributed by atoms with Crippen molar-refractivity contribution in [2.75, 3.05) is 6.61 Å². The zero-order valence-electron chi connectivity index (χ0n) is 16.0. The molecule has 0 aliphatic carbocycles. The molecular formula is C23H19BrN4O2. The number of amides is 1. The van der Waals surface area contributed by atoms with E-state index in [4.69, 9.17) is 15.4 Å². The summed E-state index contributed by atoms with van der Waals surface area (Å²) in [5, 5.41) is 18.6. The number of halogens is 1. The molecule has 3 aromatic carbocycles. The van der Waals surface area contributed by atoms with Crippen LogP contribution in [-0.4, -0.2) is 23.4 Å². The number of amidine groups is 1. The summed E-state index contributed by atoms with van der Waals surface area (Å²) in [7, 11) is 0. The average Bonchev–Trinajstić information content (AvgIpc) is 3.08. The van der Waals surface area contributed by atoms with Crippen molar-refractivity contribution in [1.29, 1.82) is 10.7 Å². The van der Waals surface area contributed by atoms with Crippen LogP contribution in [0.5, 0.6) is 5.75 Å². The van der Waals surface area contributed by atoms with Gasteiger partial charge in [-0.3, -0.25) is 20.6 Å². The van der Waals surface area contributed by atoms with E-state index in [1.54, 1.807) is 24.3 Å². The third-order valence-corrected chi connectivity index (χ3v) is 4.70. The lowest BCUT2D eigenvalue weighted by Crippen LogP contribution is -2.44. The normalized spacial score (nSPS) is 11.8. The molecule has 0 atom stereocenters. The van der Waals surface area contributed by atoms with Crippen LogP contribution in [0.4, 0.5) is 0 Å². The van der Waals surface area contributed by atoms with Crippen molar-refractivity contribution in [3.63, 3.8) is 0 Å². The molecule has 0 radical (unpaired) electrons. The van der Waals surface area contributed by atoms with Gasteiger partial charge >= 0.3 is 0 Å². The maximum absolute atomic E-state index is 12.2. The maximum atomic E-state index is 12.2. The highest BCUT2D eigenvalue weighted by Gasteiger charge is 2.25. The van der Waals surface area contributed by atoms with E-state index in [1.807, 2.05) is 48.5 Å². The first-order valence-corrected chi connectivity index (χ1v) is 9.11. The van der Waals surface area contributed by atoms with E-state index in [0.717, 1.165) is 22.3 Å². The molecule has 0 bridgehead atoms. The molecule has 0 fully saturated rings. The molecule has 1 amide bonds. The van der Waals surface area contributed by atoms with Crippen LogP contribution in [0.1, 0.15) is 16.7 Å². The van der Waals surface area contributed by atoms with Gasteiger partial charge in [0.25, 0.3) is 5.91 Å². The molecule has 150 valence electrons. The van der Waals surface area contributed by atoms with Crippen molar-refractivity contribution in [2.24, 2.45) is 0 Å². The standard InChI is InChI=1S/C23H18N4O2.BrH/c24-13-16-5-7-17(8-6-16)18-9-11-20(12-10-18)29-15-22(28)26-27-14-19-3-1-2-4-21(19)23(27)25;/h1-12,25H,14-15H2,(H,26,28);1H. The van der Waals surface area contributed by atoms with Gasteiger partial charge in [0.2, 0.25) is 0 Å². The number of carbonyl (C=O) groups is 1. The van der Waals surface area contributed by atoms with Gasteiger partial charge in [-0.1, -0.05) is 48.5 Å². The zero-order chi connectivity index (χ0) is 20.2. The smallest absolute Gasteiger partial charge is 0.276 e. The number of nitrogens with one attached hydrogen (secondary N) is 2. The number of benzene rings is 3. The van der Waals surface area contributed by atoms with Gasteiger partial charge in [0.1, 0.15) is 11.6 Å². The predicted molar refractivity (Wildman–Crippen MR) is 119 cm³/mol. The van der Waals surface area contributed by atoms with Crippen LogP contribution in [0.15, 0.2) is 72.8 Å². The van der Waals surface area contributed by atoms with Crippen molar-refractivity contribution in [2.45, 2.75) is 6.54 Å². The van der Waals surface area contributed by atoms with Gasteiger partial charge in [-0.25, -0.2) is 0 Å². The molecule has 2 N–H and O–H groups in total. The maximum Gasteiger partial charge on any atom is 0.276 e. The van der Waals surface area contributed by atoms with Gasteiger partial charge in [-0.15, -0.1) is 17.0 Å². The second kappa shape index (κ2) is 9.25. The largest absolute Gasteiger partial charge is 0.484 e. The van der Waals surface area contributed by atoms with E-state index in [1.165, 1.54) is 5.01 Å². The summed E-state index contributed by atoms with van der Waals surface area (Å²) in [4.78, 5) is 12.2. The van der Waals surface area contributed by atoms with E-state index >= 15 is 0 Å². The Hall–Kier alpha value is -3.63. The minimum absolute atomic E-state index is 0. The zero-order valence-corrected chi connectivity index (χ0v) is 17.7. The van der Waals surface area contributed by atoms with Gasteiger partial charge in [0.15, 0.2) is 6.61 Å². The van der Waals surface area contributed by atoms with Gasteiger partial charge in [-0.05, 0) is 41.0 Å². The molecular weight excluding hydrogens is 444 g/mol. The summed E-state index contributed by atoms with van der Waals surface area (Å²) >= 11 is 0. The molecule has 0 spiro atoms. The van der Waals surface area contributed by atoms with Gasteiger partial charge in [-0.2, -0.15) is 5.26 Å². The SMILES string of the molecule is Br.N#Cc1ccc(-c2ccc(OCC(=O)NN3Cc4ccccc4C3=N)cc2)cc1. The Morgan fingerprint density at radius 1 is 1.03 bits per heavy atom. The molecule has 0 aromatic heterocycles. The molecule has 4 rings (SSSR count). The Morgan fingerprint density at radius 2 is 1.67 bits per heavy atom. The molecule has 0 saturated carbocycles. The summed E-state index contributed by atoms with van der Waals surface area (Å²) < 4.78 is 5.57. The third kappa shape index (κ3) is 4.50. The second-order valence-corrected chi connectivity index (χ2v) is 6.63. The van der Waals surface area contributed by atoms with Crippen molar-refractivity contribution >= 4 is 28.7 Å². The second-order valence-electron chi connectivity index (χ2n) is 6.63. The van der Waals surface area contributed by atoms with Crippen LogP contribution in [0.25, 0.3) is 11.1 Å². The van der Waals surface area contributed by atoms with Crippen molar-refractivity contribution < 1.29 is 9.53 Å². The number of hydrogen-bond acceptors (Lipinski definition) is 4. The quantitative estimate of drug-likeness (QED) is 0.598. The first-order valence-electron chi connectivity index (χ1n) is 9.11. The first kappa shape index (κ1) is 21.1. The first-order chi connectivity index (χ1) is 14.1. The monoisotopic (exact) mass is 462 g/mol. The van der Waals surface area contributed by atoms with E-state index in [-0.39, 0.29) is 35.3 Å². The predicted octanol–water partition coefficient (Wildman–Crippen LogP) is 4.05. The lowest BCUT2D eigenvalue weighted by molar-refractivity contribution is -0.126. The van der Waals surface area contributed by atoms with Crippen LogP contribution in [0, 0.1) is 16.7 Å². The van der Waals surface area contributed by atoms with Crippen molar-refractivity contribution in [3.8, 4) is 22.9 Å². The number of hydrogen-bond donors (Lipinski definition) is 2. The highest BCUT2D eigenvalue weighted by molar-refractivity contribution is 8.93. The Balaban J connectivity index is 0.00000256. The fourth-order valence-electron chi connectivity index (χ4n) is 3.19. The van der Waals surface area contributed by atoms with Crippen LogP contribution in [0.2, 0.25) is 0 Å². The lowest BCUT2D eigenvalue weighted by atomic mass is 10.0. The van der Waals surface area contributed by atoms with E-state index in [2.05, 4.69) is 11.5 Å². The Kier molecular flexibility index (Phi) is 6.50. The number of rotatable bonds is 5. The molecule has 7 heteroatoms. The van der Waals surface area contributed by atoms with E-state index < -0.39 is 0 Å². The van der Waals surface area contributed by atoms with Gasteiger partial charge in [0.05, 0.1) is 18.2 Å². The van der Waals surface area contributed by atoms with Crippen LogP contribution in [-0.2, 0) is 11.3 Å². The fraction of sp³-hybridized carbons (Fsp3) is 0.0870. The highest BCUT2D eigenvalue weighted by atomic mass is 79.9. The Bertz CT molecular complexity index is 1110. The molecule has 1 aliphatic heterocycles. The van der Waals surface area contributed by atoms with Crippen molar-refractivity contribution in [1.82, 2.24) is 10.4 Å². The fourth-order valence-corrected chi connectivity index (χ4v) is 3.19. The summed E-state index contributed by atoms with van der Waals surface area (Å²) in [6.07, 6.45) is 0. The van der Waals surface area contributed by atoms with Gasteiger partial charge < -0.3 is 4.74 Å². The molecule has 0 unspecified atom stereocenters. The molecule has 1 aliphatic rings. The van der Waals surface area contributed by atoms with Crippen LogP contribution < -0.4 is 10.2 Å². The number of nitrogens with zero attached hydrogens (tertiary/aromatic N) is 2. The van der Waals surface area contributed by atoms with E-state index in [9.17, 15) is 4.79 Å². The lowest BCUT2D eigenvalue weighted by Gasteiger charge is -2.19. The number of fused-ring (bicyclic) bond motifs is 1. The van der Waals surface area contributed by atoms with Gasteiger partial charge in [0, 0.05) is 5.56 Å². The summed E-state index contributed by atoms with van der Waals surface area (Å²) in [6.45, 7) is 0.330. The average molecular weight is 463 g/mol. The Labute approximate surface area is 185 Å². The minimum atomic E-state index is -0.321. The van der Waals surface area contributed by atoms with Crippen molar-refractivity contribution in [3.05, 3.63) is 89.5 Å². The third-order valence-electron chi connectivity index (χ3n) is 4.70. The molecule has 3 aromatic rings. The summed E-state index contributed by atoms with van der Waals surface area (Å²) in [5.41, 5.74) is 7.16.